The first-order valence-corrected chi connectivity index (χ1v) is 10.3. The molecule has 0 saturated carbocycles. The first-order valence-electron chi connectivity index (χ1n) is 10.3. The molecule has 0 atom stereocenters. The van der Waals surface area contributed by atoms with E-state index in [1.54, 1.807) is 6.26 Å². The summed E-state index contributed by atoms with van der Waals surface area (Å²) in [6.07, 6.45) is 3.94. The average molecular weight is 380 g/mol. The largest absolute Gasteiger partial charge is 0.464 e. The maximum absolute atomic E-state index is 9.31. The fraction of sp³-hybridized carbons (Fsp3) is 0.500. The Bertz CT molecular complexity index is 939. The molecule has 0 aliphatic carbocycles. The lowest BCUT2D eigenvalue weighted by Crippen LogP contribution is -2.34. The number of furan rings is 1. The van der Waals surface area contributed by atoms with Gasteiger partial charge in [-0.25, -0.2) is 0 Å². The minimum atomic E-state index is 0.329. The first-order chi connectivity index (χ1) is 13.8. The van der Waals surface area contributed by atoms with Gasteiger partial charge in [-0.1, -0.05) is 6.07 Å². The Labute approximate surface area is 165 Å². The first kappa shape index (κ1) is 17.9. The molecule has 4 heterocycles. The van der Waals surface area contributed by atoms with Gasteiger partial charge in [-0.3, -0.25) is 14.5 Å². The number of fused-ring (bicyclic) bond motifs is 2. The Kier molecular flexibility index (Phi) is 4.93. The van der Waals surface area contributed by atoms with Crippen LogP contribution in [0.5, 0.6) is 0 Å². The van der Waals surface area contributed by atoms with Gasteiger partial charge in [-0.2, -0.15) is 5.10 Å². The number of hydrogen-bond donors (Lipinski definition) is 1. The van der Waals surface area contributed by atoms with Crippen LogP contribution in [0.3, 0.4) is 0 Å². The number of likely N-dealkylation sites (tertiary alicyclic amines) is 1. The summed E-state index contributed by atoms with van der Waals surface area (Å²) < 4.78 is 7.63. The van der Waals surface area contributed by atoms with E-state index >= 15 is 0 Å². The summed E-state index contributed by atoms with van der Waals surface area (Å²) in [5, 5.41) is 15.3. The van der Waals surface area contributed by atoms with Crippen LogP contribution < -0.4 is 0 Å². The Morgan fingerprint density at radius 2 is 1.89 bits per heavy atom. The second-order valence-corrected chi connectivity index (χ2v) is 8.26. The summed E-state index contributed by atoms with van der Waals surface area (Å²) in [6, 6.07) is 10.8. The minimum absolute atomic E-state index is 0.329. The molecule has 3 aromatic rings. The van der Waals surface area contributed by atoms with Gasteiger partial charge in [0.2, 0.25) is 0 Å². The topological polar surface area (TPSA) is 57.7 Å². The van der Waals surface area contributed by atoms with E-state index < -0.39 is 0 Å². The van der Waals surface area contributed by atoms with Gasteiger partial charge in [0.25, 0.3) is 0 Å². The van der Waals surface area contributed by atoms with E-state index in [4.69, 9.17) is 9.52 Å². The van der Waals surface area contributed by atoms with Gasteiger partial charge in [0, 0.05) is 38.2 Å². The van der Waals surface area contributed by atoms with Gasteiger partial charge >= 0.3 is 0 Å². The smallest absolute Gasteiger partial charge is 0.133 e. The molecule has 6 nitrogen and oxygen atoms in total. The summed E-state index contributed by atoms with van der Waals surface area (Å²) >= 11 is 0. The molecular formula is C22H28N4O2. The molecule has 2 aromatic heterocycles. The van der Waals surface area contributed by atoms with Crippen LogP contribution in [0.25, 0.3) is 11.0 Å². The predicted molar refractivity (Wildman–Crippen MR) is 108 cm³/mol. The number of rotatable bonds is 5. The van der Waals surface area contributed by atoms with Crippen molar-refractivity contribution in [2.45, 2.75) is 39.0 Å². The second-order valence-electron chi connectivity index (χ2n) is 8.26. The van der Waals surface area contributed by atoms with Crippen LogP contribution in [0.2, 0.25) is 0 Å². The normalized spacial score (nSPS) is 19.3. The summed E-state index contributed by atoms with van der Waals surface area (Å²) in [5.74, 6) is 0.487. The van der Waals surface area contributed by atoms with E-state index in [1.807, 2.05) is 6.07 Å². The third-order valence-corrected chi connectivity index (χ3v) is 6.20. The van der Waals surface area contributed by atoms with Crippen molar-refractivity contribution in [3.05, 3.63) is 53.5 Å². The Morgan fingerprint density at radius 3 is 2.75 bits per heavy atom. The maximum atomic E-state index is 9.31. The fourth-order valence-electron chi connectivity index (χ4n) is 4.52. The van der Waals surface area contributed by atoms with Crippen molar-refractivity contribution in [2.75, 3.05) is 26.2 Å². The van der Waals surface area contributed by atoms with Crippen LogP contribution in [0.15, 0.2) is 41.0 Å². The van der Waals surface area contributed by atoms with Gasteiger partial charge < -0.3 is 9.52 Å². The minimum Gasteiger partial charge on any atom is -0.464 e. The third-order valence-electron chi connectivity index (χ3n) is 6.20. The molecule has 1 aromatic carbocycles. The van der Waals surface area contributed by atoms with E-state index in [1.165, 1.54) is 22.3 Å². The molecule has 0 spiro atoms. The van der Waals surface area contributed by atoms with Crippen molar-refractivity contribution in [1.82, 2.24) is 19.6 Å². The highest BCUT2D eigenvalue weighted by Gasteiger charge is 2.22. The molecule has 1 saturated heterocycles. The lowest BCUT2D eigenvalue weighted by atomic mass is 9.98. The number of piperidine rings is 1. The van der Waals surface area contributed by atoms with E-state index in [-0.39, 0.29) is 0 Å². The summed E-state index contributed by atoms with van der Waals surface area (Å²) in [7, 11) is 0. The van der Waals surface area contributed by atoms with Crippen LogP contribution in [-0.2, 0) is 26.2 Å². The van der Waals surface area contributed by atoms with Crippen molar-refractivity contribution >= 4 is 11.0 Å². The number of aliphatic hydroxyl groups is 1. The van der Waals surface area contributed by atoms with Crippen LogP contribution in [-0.4, -0.2) is 50.9 Å². The quantitative estimate of drug-likeness (QED) is 0.738. The number of aliphatic hydroxyl groups excluding tert-OH is 1. The van der Waals surface area contributed by atoms with Crippen molar-refractivity contribution in [3.8, 4) is 0 Å². The molecule has 0 unspecified atom stereocenters. The molecule has 28 heavy (non-hydrogen) atoms. The number of aromatic nitrogens is 2. The Balaban J connectivity index is 1.21. The van der Waals surface area contributed by atoms with Gasteiger partial charge in [0.1, 0.15) is 5.58 Å². The zero-order valence-corrected chi connectivity index (χ0v) is 16.3. The third kappa shape index (κ3) is 3.72. The Hall–Kier alpha value is -2.15. The molecule has 0 bridgehead atoms. The molecule has 1 N–H and O–H groups in total. The highest BCUT2D eigenvalue weighted by molar-refractivity contribution is 5.77. The van der Waals surface area contributed by atoms with E-state index in [0.29, 0.717) is 12.5 Å². The monoisotopic (exact) mass is 380 g/mol. The lowest BCUT2D eigenvalue weighted by molar-refractivity contribution is 0.126. The van der Waals surface area contributed by atoms with Gasteiger partial charge in [-0.15, -0.1) is 0 Å². The van der Waals surface area contributed by atoms with Crippen molar-refractivity contribution in [3.63, 3.8) is 0 Å². The summed E-state index contributed by atoms with van der Waals surface area (Å²) in [4.78, 5) is 4.97. The van der Waals surface area contributed by atoms with Crippen molar-refractivity contribution in [1.29, 1.82) is 0 Å². The molecular weight excluding hydrogens is 352 g/mol. The molecule has 0 radical (unpaired) electrons. The maximum Gasteiger partial charge on any atom is 0.133 e. The number of benzene rings is 1. The molecule has 1 fully saturated rings. The van der Waals surface area contributed by atoms with Gasteiger partial charge in [-0.05, 0) is 61.7 Å². The summed E-state index contributed by atoms with van der Waals surface area (Å²) in [6.45, 7) is 7.27. The highest BCUT2D eigenvalue weighted by Crippen LogP contribution is 2.22. The Morgan fingerprint density at radius 1 is 1.00 bits per heavy atom. The highest BCUT2D eigenvalue weighted by atomic mass is 16.3. The van der Waals surface area contributed by atoms with Crippen LogP contribution in [0, 0.1) is 5.92 Å². The predicted octanol–water partition coefficient (Wildman–Crippen LogP) is 2.85. The lowest BCUT2D eigenvalue weighted by Gasteiger charge is -2.30. The molecule has 5 rings (SSSR count). The molecule has 0 amide bonds. The van der Waals surface area contributed by atoms with Crippen LogP contribution >= 0.6 is 0 Å². The number of hydrogen-bond acceptors (Lipinski definition) is 5. The van der Waals surface area contributed by atoms with Gasteiger partial charge in [0.05, 0.1) is 24.2 Å². The molecule has 6 heteroatoms. The SMILES string of the molecule is OCC1CCN(Cc2cc3n(n2)CCN(Cc2ccc4occc4c2)C3)CC1. The van der Waals surface area contributed by atoms with E-state index in [2.05, 4.69) is 38.7 Å². The molecule has 2 aliphatic rings. The van der Waals surface area contributed by atoms with Crippen molar-refractivity contribution < 1.29 is 9.52 Å². The van der Waals surface area contributed by atoms with Gasteiger partial charge in [0.15, 0.2) is 0 Å². The van der Waals surface area contributed by atoms with E-state index in [0.717, 1.165) is 64.2 Å². The standard InChI is InChI=1S/C22H28N4O2/c27-16-17-3-6-24(7-4-17)14-20-12-21-15-25(8-9-26(21)23-20)13-18-1-2-22-19(11-18)5-10-28-22/h1-2,5,10-12,17,27H,3-4,6-9,13-16H2. The second kappa shape index (κ2) is 7.70. The number of nitrogens with zero attached hydrogens (tertiary/aromatic N) is 4. The zero-order chi connectivity index (χ0) is 18.9. The summed E-state index contributed by atoms with van der Waals surface area (Å²) in [5.41, 5.74) is 4.77. The average Bonchev–Trinajstić information content (AvgIpc) is 3.34. The van der Waals surface area contributed by atoms with E-state index in [9.17, 15) is 5.11 Å². The van der Waals surface area contributed by atoms with Crippen molar-refractivity contribution in [2.24, 2.45) is 5.92 Å². The fourth-order valence-corrected chi connectivity index (χ4v) is 4.52. The van der Waals surface area contributed by atoms with Crippen LogP contribution in [0.4, 0.5) is 0 Å². The zero-order valence-electron chi connectivity index (χ0n) is 16.3. The molecule has 148 valence electrons. The van der Waals surface area contributed by atoms with Crippen LogP contribution in [0.1, 0.15) is 29.8 Å². The molecule has 2 aliphatic heterocycles.